The van der Waals surface area contributed by atoms with E-state index >= 15 is 0 Å². The molecule has 294 valence electrons. The van der Waals surface area contributed by atoms with Crippen molar-refractivity contribution < 1.29 is 41.8 Å². The van der Waals surface area contributed by atoms with Crippen LogP contribution in [0.3, 0.4) is 0 Å². The number of pyridine rings is 1. The van der Waals surface area contributed by atoms with Crippen LogP contribution in [0.2, 0.25) is 0 Å². The maximum atomic E-state index is 14.6. The maximum absolute atomic E-state index is 14.6. The Kier molecular flexibility index (Phi) is 10.2. The number of hydrogen-bond acceptors (Lipinski definition) is 10. The summed E-state index contributed by atoms with van der Waals surface area (Å²) in [5, 5.41) is 5.89. The quantitative estimate of drug-likeness (QED) is 0.326. The zero-order valence-electron chi connectivity index (χ0n) is 31.8. The van der Waals surface area contributed by atoms with Gasteiger partial charge in [0.15, 0.2) is 0 Å². The highest BCUT2D eigenvalue weighted by atomic mass is 32.2. The molecule has 2 saturated carbocycles. The zero-order chi connectivity index (χ0) is 39.3. The van der Waals surface area contributed by atoms with Crippen molar-refractivity contribution in [1.82, 2.24) is 25.2 Å². The minimum Gasteiger partial charge on any atom is -0.493 e. The molecule has 0 radical (unpaired) electrons. The topological polar surface area (TPSA) is 182 Å². The van der Waals surface area contributed by atoms with E-state index in [0.717, 1.165) is 10.9 Å². The molecule has 2 aliphatic carbocycles. The Hall–Kier alpha value is -4.92. The van der Waals surface area contributed by atoms with E-state index in [1.54, 1.807) is 20.8 Å². The van der Waals surface area contributed by atoms with E-state index in [1.165, 1.54) is 4.90 Å². The first kappa shape index (κ1) is 38.4. The molecule has 4 aliphatic rings. The molecule has 4 amide bonds. The van der Waals surface area contributed by atoms with Crippen molar-refractivity contribution in [1.29, 1.82) is 0 Å². The fraction of sp³-hybridized carbons (Fsp3) is 0.525. The first-order valence-electron chi connectivity index (χ1n) is 19.0. The SMILES string of the molecule is CC[C@@H]1CC1(NC(=O)[C@@H]1CC2CN1C(=O)[C@H](C(C)(C)C)NC(=O)OC[C@H](C)COc1cccc(c1)-c1cc3ccccc3nc1O2)C(=O)NS(=O)(=O)C1CC1. The van der Waals surface area contributed by atoms with E-state index in [0.29, 0.717) is 42.0 Å². The second kappa shape index (κ2) is 14.6. The Balaban J connectivity index is 1.26. The minimum absolute atomic E-state index is 0.0270. The standard InChI is InChI=1S/C40H49N5O9S/c1-6-26-19-40(26,37(48)44-55(50,51)29-14-15-29)43-34(46)32-18-28-20-45(32)36(47)33(39(3,4)5)42-38(49)53-22-23(2)21-52-27-12-9-11-24(16-27)30-17-25-10-7-8-13-31(25)41-35(30)54-28/h7-13,16-17,23,26,28-29,32-33H,6,14-15,18-22H2,1-5H3,(H,42,49)(H,43,46)(H,44,48)/t23-,26-,28?,32+,33-,40?/m1/s1. The van der Waals surface area contributed by atoms with Crippen LogP contribution in [0.15, 0.2) is 54.6 Å². The average molecular weight is 776 g/mol. The molecule has 55 heavy (non-hydrogen) atoms. The van der Waals surface area contributed by atoms with E-state index in [-0.39, 0.29) is 44.4 Å². The summed E-state index contributed by atoms with van der Waals surface area (Å²) < 4.78 is 46.1. The number of sulfonamides is 1. The molecule has 4 bridgehead atoms. The molecule has 3 aromatic rings. The van der Waals surface area contributed by atoms with Gasteiger partial charge in [-0.3, -0.25) is 19.1 Å². The highest BCUT2D eigenvalue weighted by molar-refractivity contribution is 7.91. The molecule has 2 aromatic carbocycles. The molecule has 7 rings (SSSR count). The third kappa shape index (κ3) is 8.07. The van der Waals surface area contributed by atoms with Gasteiger partial charge in [-0.2, -0.15) is 0 Å². The highest BCUT2D eigenvalue weighted by Crippen LogP contribution is 2.47. The van der Waals surface area contributed by atoms with Crippen LogP contribution in [0.4, 0.5) is 4.79 Å². The first-order valence-corrected chi connectivity index (χ1v) is 20.5. The maximum Gasteiger partial charge on any atom is 0.407 e. The van der Waals surface area contributed by atoms with Gasteiger partial charge in [-0.25, -0.2) is 18.2 Å². The van der Waals surface area contributed by atoms with Crippen molar-refractivity contribution >= 4 is 44.7 Å². The number of cyclic esters (lactones) is 1. The monoisotopic (exact) mass is 775 g/mol. The zero-order valence-corrected chi connectivity index (χ0v) is 32.6. The summed E-state index contributed by atoms with van der Waals surface area (Å²) in [5.74, 6) is -1.52. The minimum atomic E-state index is -3.88. The Bertz CT molecular complexity index is 2120. The molecule has 1 aromatic heterocycles. The van der Waals surface area contributed by atoms with Crippen molar-refractivity contribution in [2.24, 2.45) is 17.3 Å². The molecular weight excluding hydrogens is 727 g/mol. The average Bonchev–Trinajstić information content (AvgIpc) is 4.07. The van der Waals surface area contributed by atoms with E-state index < -0.39 is 68.2 Å². The molecule has 6 atom stereocenters. The summed E-state index contributed by atoms with van der Waals surface area (Å²) in [6.07, 6.45) is 0.228. The molecule has 3 fully saturated rings. The Labute approximate surface area is 321 Å². The van der Waals surface area contributed by atoms with Gasteiger partial charge in [0.05, 0.1) is 30.5 Å². The van der Waals surface area contributed by atoms with Crippen molar-refractivity contribution in [2.75, 3.05) is 19.8 Å². The van der Waals surface area contributed by atoms with Crippen LogP contribution >= 0.6 is 0 Å². The predicted octanol–water partition coefficient (Wildman–Crippen LogP) is 4.31. The van der Waals surface area contributed by atoms with Crippen LogP contribution in [0, 0.1) is 17.3 Å². The van der Waals surface area contributed by atoms with E-state index in [4.69, 9.17) is 19.2 Å². The molecule has 0 spiro atoms. The van der Waals surface area contributed by atoms with Gasteiger partial charge in [-0.1, -0.05) is 71.4 Å². The van der Waals surface area contributed by atoms with Gasteiger partial charge in [-0.15, -0.1) is 0 Å². The number of carbonyl (C=O) groups is 4. The molecule has 2 unspecified atom stereocenters. The van der Waals surface area contributed by atoms with Crippen LogP contribution in [0.1, 0.15) is 66.7 Å². The smallest absolute Gasteiger partial charge is 0.407 e. The van der Waals surface area contributed by atoms with Gasteiger partial charge >= 0.3 is 6.09 Å². The molecule has 3 N–H and O–H groups in total. The second-order valence-electron chi connectivity index (χ2n) is 16.4. The van der Waals surface area contributed by atoms with Crippen molar-refractivity contribution in [3.63, 3.8) is 0 Å². The largest absolute Gasteiger partial charge is 0.493 e. The summed E-state index contributed by atoms with van der Waals surface area (Å²) in [7, 11) is -3.88. The lowest BCUT2D eigenvalue weighted by Gasteiger charge is -2.35. The van der Waals surface area contributed by atoms with Crippen LogP contribution in [-0.4, -0.2) is 90.9 Å². The number of rotatable bonds is 6. The number of para-hydroxylation sites is 1. The number of hydrogen-bond donors (Lipinski definition) is 3. The number of nitrogens with one attached hydrogen (secondary N) is 3. The van der Waals surface area contributed by atoms with Gasteiger partial charge in [0.1, 0.15) is 29.5 Å². The lowest BCUT2D eigenvalue weighted by atomic mass is 9.85. The van der Waals surface area contributed by atoms with Gasteiger partial charge in [0, 0.05) is 23.3 Å². The number of aromatic nitrogens is 1. The predicted molar refractivity (Wildman–Crippen MR) is 203 cm³/mol. The van der Waals surface area contributed by atoms with Gasteiger partial charge in [0.2, 0.25) is 27.7 Å². The van der Waals surface area contributed by atoms with Crippen molar-refractivity contribution in [3.8, 4) is 22.8 Å². The number of benzene rings is 2. The summed E-state index contributed by atoms with van der Waals surface area (Å²) in [4.78, 5) is 62.1. The number of fused-ring (bicyclic) bond motifs is 7. The Morgan fingerprint density at radius 3 is 2.49 bits per heavy atom. The number of carbonyl (C=O) groups excluding carboxylic acids is 4. The van der Waals surface area contributed by atoms with E-state index in [9.17, 15) is 27.6 Å². The van der Waals surface area contributed by atoms with E-state index in [2.05, 4.69) is 15.4 Å². The third-order valence-corrected chi connectivity index (χ3v) is 12.7. The van der Waals surface area contributed by atoms with Crippen molar-refractivity contribution in [2.45, 2.75) is 95.7 Å². The Morgan fingerprint density at radius 1 is 1.04 bits per heavy atom. The number of nitrogens with zero attached hydrogens (tertiary/aromatic N) is 2. The summed E-state index contributed by atoms with van der Waals surface area (Å²) in [6.45, 7) is 9.39. The Morgan fingerprint density at radius 2 is 1.78 bits per heavy atom. The third-order valence-electron chi connectivity index (χ3n) is 10.9. The number of alkyl carbamates (subject to hydrolysis) is 1. The van der Waals surface area contributed by atoms with Crippen LogP contribution < -0.4 is 24.8 Å². The summed E-state index contributed by atoms with van der Waals surface area (Å²) in [6, 6.07) is 14.9. The van der Waals surface area contributed by atoms with Crippen LogP contribution in [0.5, 0.6) is 11.6 Å². The van der Waals surface area contributed by atoms with Gasteiger partial charge in [-0.05, 0) is 60.4 Å². The van der Waals surface area contributed by atoms with Gasteiger partial charge < -0.3 is 29.7 Å². The summed E-state index contributed by atoms with van der Waals surface area (Å²) in [5.41, 5.74) is -0.117. The first-order chi connectivity index (χ1) is 26.1. The lowest BCUT2D eigenvalue weighted by molar-refractivity contribution is -0.143. The number of amides is 4. The molecule has 15 heteroatoms. The fourth-order valence-corrected chi connectivity index (χ4v) is 8.82. The fourth-order valence-electron chi connectivity index (χ4n) is 7.46. The molecule has 2 aliphatic heterocycles. The lowest BCUT2D eigenvalue weighted by Crippen LogP contribution is -2.60. The molecule has 14 nitrogen and oxygen atoms in total. The molecular formula is C40H49N5O9S. The highest BCUT2D eigenvalue weighted by Gasteiger charge is 2.62. The van der Waals surface area contributed by atoms with Crippen LogP contribution in [0.25, 0.3) is 22.0 Å². The normalized spacial score (nSPS) is 27.3. The summed E-state index contributed by atoms with van der Waals surface area (Å²) >= 11 is 0. The molecule has 1 saturated heterocycles. The second-order valence-corrected chi connectivity index (χ2v) is 18.4. The molecule has 3 heterocycles. The van der Waals surface area contributed by atoms with Crippen LogP contribution in [-0.2, 0) is 29.1 Å². The number of ether oxygens (including phenoxy) is 3. The van der Waals surface area contributed by atoms with Crippen molar-refractivity contribution in [3.05, 3.63) is 54.6 Å². The van der Waals surface area contributed by atoms with E-state index in [1.807, 2.05) is 68.4 Å². The van der Waals surface area contributed by atoms with Gasteiger partial charge in [0.25, 0.3) is 5.91 Å².